The quantitative estimate of drug-likeness (QED) is 0.327. The highest BCUT2D eigenvalue weighted by Gasteiger charge is 2.01. The van der Waals surface area contributed by atoms with Crippen LogP contribution in [0.25, 0.3) is 0 Å². The maximum Gasteiger partial charge on any atom is 0.170 e. The van der Waals surface area contributed by atoms with Crippen molar-refractivity contribution >= 4 is 11.6 Å². The Balaban J connectivity index is 2.66. The van der Waals surface area contributed by atoms with Crippen LogP contribution in [0.1, 0.15) is 0 Å². The van der Waals surface area contributed by atoms with Crippen LogP contribution in [-0.2, 0) is 4.89 Å². The molecule has 0 saturated carbocycles. The van der Waals surface area contributed by atoms with E-state index < -0.39 is 0 Å². The van der Waals surface area contributed by atoms with Crippen molar-refractivity contribution in [2.75, 3.05) is 13.7 Å². The fraction of sp³-hybridized carbons (Fsp3) is 0.200. The van der Waals surface area contributed by atoms with E-state index in [0.29, 0.717) is 23.1 Å². The number of methoxy groups -OCH3 is 1. The number of halogens is 1. The van der Waals surface area contributed by atoms with E-state index in [-0.39, 0.29) is 0 Å². The average Bonchev–Trinajstić information content (AvgIpc) is 2.17. The van der Waals surface area contributed by atoms with Crippen LogP contribution in [0.4, 0.5) is 0 Å². The van der Waals surface area contributed by atoms with E-state index in [0.717, 1.165) is 0 Å². The van der Waals surface area contributed by atoms with Crippen molar-refractivity contribution in [3.05, 3.63) is 35.9 Å². The van der Waals surface area contributed by atoms with Gasteiger partial charge in [0, 0.05) is 17.2 Å². The van der Waals surface area contributed by atoms with Gasteiger partial charge in [0.1, 0.15) is 12.4 Å². The molecule has 0 spiro atoms. The summed E-state index contributed by atoms with van der Waals surface area (Å²) in [6.07, 6.45) is 1.59. The van der Waals surface area contributed by atoms with Crippen molar-refractivity contribution in [2.24, 2.45) is 0 Å². The van der Waals surface area contributed by atoms with Crippen LogP contribution in [0, 0.1) is 0 Å². The van der Waals surface area contributed by atoms with Crippen molar-refractivity contribution in [1.82, 2.24) is 0 Å². The van der Waals surface area contributed by atoms with Crippen LogP contribution < -0.4 is 9.62 Å². The maximum absolute atomic E-state index is 5.81. The molecule has 0 bridgehead atoms. The smallest absolute Gasteiger partial charge is 0.170 e. The second-order valence-corrected chi connectivity index (χ2v) is 2.92. The van der Waals surface area contributed by atoms with Gasteiger partial charge in [-0.25, -0.2) is 0 Å². The van der Waals surface area contributed by atoms with Crippen LogP contribution in [0.3, 0.4) is 0 Å². The summed E-state index contributed by atoms with van der Waals surface area (Å²) in [6, 6.07) is 4.99. The van der Waals surface area contributed by atoms with Gasteiger partial charge in [0.25, 0.3) is 0 Å². The molecular formula is C10H11ClO3. The molecule has 1 aromatic rings. The molecule has 0 N–H and O–H groups in total. The Morgan fingerprint density at radius 2 is 2.07 bits per heavy atom. The zero-order valence-electron chi connectivity index (χ0n) is 7.83. The first kappa shape index (κ1) is 10.9. The van der Waals surface area contributed by atoms with E-state index >= 15 is 0 Å². The summed E-state index contributed by atoms with van der Waals surface area (Å²) in [5.41, 5.74) is 0. The lowest BCUT2D eigenvalue weighted by molar-refractivity contribution is -0.195. The first-order valence-corrected chi connectivity index (χ1v) is 4.39. The summed E-state index contributed by atoms with van der Waals surface area (Å²) >= 11 is 5.81. The van der Waals surface area contributed by atoms with E-state index in [1.165, 1.54) is 0 Å². The third-order valence-electron chi connectivity index (χ3n) is 1.42. The molecular weight excluding hydrogens is 204 g/mol. The van der Waals surface area contributed by atoms with Gasteiger partial charge in [-0.05, 0) is 6.07 Å². The van der Waals surface area contributed by atoms with E-state index in [1.807, 2.05) is 0 Å². The number of hydrogen-bond donors (Lipinski definition) is 0. The second kappa shape index (κ2) is 5.52. The summed E-state index contributed by atoms with van der Waals surface area (Å²) < 4.78 is 5.00. The zero-order valence-corrected chi connectivity index (χ0v) is 8.58. The highest BCUT2D eigenvalue weighted by Crippen LogP contribution is 2.25. The summed E-state index contributed by atoms with van der Waals surface area (Å²) in [5, 5.41) is 0.529. The molecule has 0 aromatic heterocycles. The van der Waals surface area contributed by atoms with Gasteiger partial charge in [0.15, 0.2) is 5.75 Å². The molecule has 14 heavy (non-hydrogen) atoms. The third kappa shape index (κ3) is 3.28. The van der Waals surface area contributed by atoms with E-state index in [1.54, 1.807) is 31.4 Å². The van der Waals surface area contributed by atoms with Crippen molar-refractivity contribution in [3.63, 3.8) is 0 Å². The first-order valence-electron chi connectivity index (χ1n) is 4.01. The number of benzene rings is 1. The van der Waals surface area contributed by atoms with Gasteiger partial charge in [-0.1, -0.05) is 17.7 Å². The van der Waals surface area contributed by atoms with Gasteiger partial charge in [0.05, 0.1) is 7.11 Å². The molecule has 4 heteroatoms. The molecule has 0 saturated heterocycles. The van der Waals surface area contributed by atoms with Crippen molar-refractivity contribution in [2.45, 2.75) is 0 Å². The lowest BCUT2D eigenvalue weighted by Gasteiger charge is -2.05. The number of hydrogen-bond acceptors (Lipinski definition) is 3. The van der Waals surface area contributed by atoms with Crippen LogP contribution in [0.15, 0.2) is 30.9 Å². The topological polar surface area (TPSA) is 27.7 Å². The standard InChI is InChI=1S/C10H11ClO3/c1-3-4-13-14-10-6-8(11)5-9(7-10)12-2/h3,5-7H,1,4H2,2H3. The Kier molecular flexibility index (Phi) is 4.29. The molecule has 0 aliphatic heterocycles. The lowest BCUT2D eigenvalue weighted by Crippen LogP contribution is -1.96. The molecule has 1 aromatic carbocycles. The fourth-order valence-electron chi connectivity index (χ4n) is 0.853. The minimum atomic E-state index is 0.314. The molecule has 0 unspecified atom stereocenters. The van der Waals surface area contributed by atoms with E-state index in [9.17, 15) is 0 Å². The normalized spacial score (nSPS) is 9.57. The first-order chi connectivity index (χ1) is 6.76. The molecule has 0 fully saturated rings. The van der Waals surface area contributed by atoms with Gasteiger partial charge in [0.2, 0.25) is 0 Å². The van der Waals surface area contributed by atoms with Gasteiger partial charge in [-0.15, -0.1) is 6.58 Å². The predicted octanol–water partition coefficient (Wildman–Crippen LogP) is 2.85. The predicted molar refractivity (Wildman–Crippen MR) is 54.8 cm³/mol. The molecule has 0 heterocycles. The molecule has 1 rings (SSSR count). The Hall–Kier alpha value is -1.19. The third-order valence-corrected chi connectivity index (χ3v) is 1.64. The molecule has 3 nitrogen and oxygen atoms in total. The lowest BCUT2D eigenvalue weighted by atomic mass is 10.3. The molecule has 0 atom stereocenters. The minimum absolute atomic E-state index is 0.314. The monoisotopic (exact) mass is 214 g/mol. The van der Waals surface area contributed by atoms with Gasteiger partial charge in [-0.2, -0.15) is 4.89 Å². The van der Waals surface area contributed by atoms with Gasteiger partial charge in [-0.3, -0.25) is 0 Å². The molecule has 0 amide bonds. The Labute approximate surface area is 87.8 Å². The maximum atomic E-state index is 5.81. The highest BCUT2D eigenvalue weighted by atomic mass is 35.5. The molecule has 0 aliphatic rings. The van der Waals surface area contributed by atoms with Crippen molar-refractivity contribution < 1.29 is 14.5 Å². The number of ether oxygens (including phenoxy) is 1. The minimum Gasteiger partial charge on any atom is -0.497 e. The largest absolute Gasteiger partial charge is 0.497 e. The second-order valence-electron chi connectivity index (χ2n) is 2.48. The van der Waals surface area contributed by atoms with Crippen LogP contribution in [0.5, 0.6) is 11.5 Å². The van der Waals surface area contributed by atoms with Gasteiger partial charge >= 0.3 is 0 Å². The SMILES string of the molecule is C=CCOOc1cc(Cl)cc(OC)c1. The molecule has 0 aliphatic carbocycles. The van der Waals surface area contributed by atoms with Crippen LogP contribution in [-0.4, -0.2) is 13.7 Å². The summed E-state index contributed by atoms with van der Waals surface area (Å²) in [4.78, 5) is 9.73. The van der Waals surface area contributed by atoms with Crippen LogP contribution >= 0.6 is 11.6 Å². The van der Waals surface area contributed by atoms with Crippen molar-refractivity contribution in [3.8, 4) is 11.5 Å². The molecule has 0 radical (unpaired) electrons. The van der Waals surface area contributed by atoms with E-state index in [4.69, 9.17) is 26.1 Å². The summed E-state index contributed by atoms with van der Waals surface area (Å²) in [7, 11) is 1.56. The molecule has 76 valence electrons. The zero-order chi connectivity index (χ0) is 10.4. The van der Waals surface area contributed by atoms with E-state index in [2.05, 4.69) is 6.58 Å². The fourth-order valence-corrected chi connectivity index (χ4v) is 1.07. The Morgan fingerprint density at radius 1 is 1.36 bits per heavy atom. The Bertz CT molecular complexity index is 312. The van der Waals surface area contributed by atoms with Crippen molar-refractivity contribution in [1.29, 1.82) is 0 Å². The average molecular weight is 215 g/mol. The Morgan fingerprint density at radius 3 is 2.71 bits per heavy atom. The van der Waals surface area contributed by atoms with Crippen LogP contribution in [0.2, 0.25) is 5.02 Å². The summed E-state index contributed by atoms with van der Waals surface area (Å²) in [6.45, 7) is 3.80. The number of rotatable bonds is 5. The summed E-state index contributed by atoms with van der Waals surface area (Å²) in [5.74, 6) is 1.12. The van der Waals surface area contributed by atoms with Gasteiger partial charge < -0.3 is 9.62 Å². The highest BCUT2D eigenvalue weighted by molar-refractivity contribution is 6.30.